The van der Waals surface area contributed by atoms with Crippen LogP contribution in [0.2, 0.25) is 0 Å². The van der Waals surface area contributed by atoms with Gasteiger partial charge in [0.2, 0.25) is 5.91 Å². The van der Waals surface area contributed by atoms with Crippen LogP contribution in [0.3, 0.4) is 0 Å². The van der Waals surface area contributed by atoms with Gasteiger partial charge in [-0.05, 0) is 18.8 Å². The number of carbonyl (C=O) groups is 2. The molecule has 2 aliphatic rings. The number of aliphatic carboxylic acids is 1. The minimum Gasteiger partial charge on any atom is -0.479 e. The highest BCUT2D eigenvalue weighted by Crippen LogP contribution is 2.46. The second kappa shape index (κ2) is 2.83. The van der Waals surface area contributed by atoms with Crippen molar-refractivity contribution in [3.63, 3.8) is 0 Å². The van der Waals surface area contributed by atoms with E-state index in [9.17, 15) is 14.7 Å². The van der Waals surface area contributed by atoms with E-state index in [1.54, 1.807) is 0 Å². The van der Waals surface area contributed by atoms with Crippen molar-refractivity contribution < 1.29 is 14.7 Å². The van der Waals surface area contributed by atoms with E-state index in [4.69, 9.17) is 0 Å². The molecule has 3 atom stereocenters. The molecule has 0 saturated heterocycles. The summed E-state index contributed by atoms with van der Waals surface area (Å²) in [5.74, 6) is -0.894. The van der Waals surface area contributed by atoms with Gasteiger partial charge in [0, 0.05) is 12.8 Å². The molecule has 1 fully saturated rings. The van der Waals surface area contributed by atoms with Crippen molar-refractivity contribution in [2.75, 3.05) is 0 Å². The number of carbonyl (C=O) groups excluding carboxylic acids is 1. The van der Waals surface area contributed by atoms with E-state index in [2.05, 4.69) is 5.32 Å². The Kier molecular flexibility index (Phi) is 1.87. The molecule has 0 aromatic heterocycles. The highest BCUT2D eigenvalue weighted by molar-refractivity contribution is 5.87. The summed E-state index contributed by atoms with van der Waals surface area (Å²) in [5, 5.41) is 11.8. The predicted octanol–water partition coefficient (Wildman–Crippen LogP) is 0.542. The summed E-state index contributed by atoms with van der Waals surface area (Å²) >= 11 is 0. The van der Waals surface area contributed by atoms with Crippen molar-refractivity contribution in [1.29, 1.82) is 0 Å². The summed E-state index contributed by atoms with van der Waals surface area (Å²) in [6, 6.07) is 0. The summed E-state index contributed by atoms with van der Waals surface area (Å²) < 4.78 is 0. The standard InChI is InChI=1S/C10H13NO3/c1-6(12)11-10(9(13)14)5-7-2-3-8(10)4-7/h2-3,7-8H,4-5H2,1H3,(H,11,12)(H,13,14). The molecule has 1 saturated carbocycles. The SMILES string of the molecule is CC(=O)NC1(C(=O)O)CC2C=CC1C2. The Balaban J connectivity index is 2.29. The lowest BCUT2D eigenvalue weighted by Gasteiger charge is -2.31. The second-order valence-corrected chi connectivity index (χ2v) is 4.15. The first-order valence-electron chi connectivity index (χ1n) is 4.75. The van der Waals surface area contributed by atoms with Gasteiger partial charge in [-0.3, -0.25) is 4.79 Å². The fourth-order valence-electron chi connectivity index (χ4n) is 2.61. The Morgan fingerprint density at radius 1 is 1.50 bits per heavy atom. The monoisotopic (exact) mass is 195 g/mol. The predicted molar refractivity (Wildman–Crippen MR) is 49.5 cm³/mol. The molecule has 3 unspecified atom stereocenters. The molecule has 2 N–H and O–H groups in total. The molecule has 0 radical (unpaired) electrons. The van der Waals surface area contributed by atoms with Crippen LogP contribution in [-0.4, -0.2) is 22.5 Å². The number of hydrogen-bond donors (Lipinski definition) is 2. The summed E-state index contributed by atoms with van der Waals surface area (Å²) in [4.78, 5) is 22.2. The van der Waals surface area contributed by atoms with Gasteiger partial charge in [0.05, 0.1) is 0 Å². The lowest BCUT2D eigenvalue weighted by Crippen LogP contribution is -2.56. The van der Waals surface area contributed by atoms with Gasteiger partial charge in [0.25, 0.3) is 0 Å². The molecule has 4 nitrogen and oxygen atoms in total. The highest BCUT2D eigenvalue weighted by atomic mass is 16.4. The molecule has 76 valence electrons. The van der Waals surface area contributed by atoms with E-state index in [0.29, 0.717) is 12.3 Å². The van der Waals surface area contributed by atoms with Crippen molar-refractivity contribution in [3.8, 4) is 0 Å². The molecule has 1 amide bonds. The molecular formula is C10H13NO3. The number of hydrogen-bond acceptors (Lipinski definition) is 2. The quantitative estimate of drug-likeness (QED) is 0.632. The third kappa shape index (κ3) is 1.14. The van der Waals surface area contributed by atoms with Crippen molar-refractivity contribution in [2.24, 2.45) is 11.8 Å². The van der Waals surface area contributed by atoms with Gasteiger partial charge in [0.1, 0.15) is 5.54 Å². The lowest BCUT2D eigenvalue weighted by molar-refractivity contribution is -0.148. The Morgan fingerprint density at radius 2 is 2.21 bits per heavy atom. The molecular weight excluding hydrogens is 182 g/mol. The second-order valence-electron chi connectivity index (χ2n) is 4.15. The fraction of sp³-hybridized carbons (Fsp3) is 0.600. The number of nitrogens with one attached hydrogen (secondary N) is 1. The zero-order chi connectivity index (χ0) is 10.3. The Morgan fingerprint density at radius 3 is 2.57 bits per heavy atom. The molecule has 2 rings (SSSR count). The summed E-state index contributed by atoms with van der Waals surface area (Å²) in [7, 11) is 0. The van der Waals surface area contributed by atoms with Crippen LogP contribution in [0.15, 0.2) is 12.2 Å². The van der Waals surface area contributed by atoms with E-state index in [-0.39, 0.29) is 11.8 Å². The van der Waals surface area contributed by atoms with Crippen LogP contribution < -0.4 is 5.32 Å². The van der Waals surface area contributed by atoms with Crippen molar-refractivity contribution in [1.82, 2.24) is 5.32 Å². The van der Waals surface area contributed by atoms with E-state index < -0.39 is 11.5 Å². The van der Waals surface area contributed by atoms with Crippen molar-refractivity contribution >= 4 is 11.9 Å². The number of fused-ring (bicyclic) bond motifs is 2. The topological polar surface area (TPSA) is 66.4 Å². The van der Waals surface area contributed by atoms with Gasteiger partial charge >= 0.3 is 5.97 Å². The molecule has 0 spiro atoms. The normalized spacial score (nSPS) is 38.6. The maximum absolute atomic E-state index is 11.2. The molecule has 0 aliphatic heterocycles. The minimum absolute atomic E-state index is 0.0334. The average Bonchev–Trinajstić information content (AvgIpc) is 2.61. The summed E-state index contributed by atoms with van der Waals surface area (Å²) in [5.41, 5.74) is -1.04. The van der Waals surface area contributed by atoms with Crippen molar-refractivity contribution in [3.05, 3.63) is 12.2 Å². The Labute approximate surface area is 82.0 Å². The van der Waals surface area contributed by atoms with Gasteiger partial charge in [-0.1, -0.05) is 12.2 Å². The van der Waals surface area contributed by atoms with Gasteiger partial charge < -0.3 is 10.4 Å². The first kappa shape index (κ1) is 9.24. The van der Waals surface area contributed by atoms with Gasteiger partial charge in [-0.25, -0.2) is 4.79 Å². The van der Waals surface area contributed by atoms with Crippen LogP contribution in [0.25, 0.3) is 0 Å². The smallest absolute Gasteiger partial charge is 0.330 e. The van der Waals surface area contributed by atoms with Gasteiger partial charge in [-0.2, -0.15) is 0 Å². The zero-order valence-corrected chi connectivity index (χ0v) is 7.99. The average molecular weight is 195 g/mol. The third-order valence-electron chi connectivity index (χ3n) is 3.17. The minimum atomic E-state index is -1.04. The Hall–Kier alpha value is -1.32. The molecule has 14 heavy (non-hydrogen) atoms. The number of amides is 1. The first-order chi connectivity index (χ1) is 6.54. The zero-order valence-electron chi connectivity index (χ0n) is 7.99. The molecule has 2 aliphatic carbocycles. The van der Waals surface area contributed by atoms with Crippen LogP contribution in [0.1, 0.15) is 19.8 Å². The maximum Gasteiger partial charge on any atom is 0.330 e. The fourth-order valence-corrected chi connectivity index (χ4v) is 2.61. The van der Waals surface area contributed by atoms with E-state index >= 15 is 0 Å². The molecule has 0 heterocycles. The largest absolute Gasteiger partial charge is 0.479 e. The van der Waals surface area contributed by atoms with E-state index in [1.165, 1.54) is 6.92 Å². The Bertz CT molecular complexity index is 323. The molecule has 0 aromatic carbocycles. The molecule has 2 bridgehead atoms. The number of allylic oxidation sites excluding steroid dienone is 1. The van der Waals surface area contributed by atoms with Crippen LogP contribution in [0.4, 0.5) is 0 Å². The van der Waals surface area contributed by atoms with Crippen LogP contribution >= 0.6 is 0 Å². The summed E-state index contributed by atoms with van der Waals surface area (Å²) in [6.45, 7) is 1.36. The van der Waals surface area contributed by atoms with Gasteiger partial charge in [-0.15, -0.1) is 0 Å². The van der Waals surface area contributed by atoms with Crippen LogP contribution in [0.5, 0.6) is 0 Å². The third-order valence-corrected chi connectivity index (χ3v) is 3.17. The highest BCUT2D eigenvalue weighted by Gasteiger charge is 2.54. The lowest BCUT2D eigenvalue weighted by atomic mass is 9.84. The molecule has 4 heteroatoms. The number of rotatable bonds is 2. The van der Waals surface area contributed by atoms with Gasteiger partial charge in [0.15, 0.2) is 0 Å². The number of carboxylic acid groups (broad SMARTS) is 1. The van der Waals surface area contributed by atoms with Crippen molar-refractivity contribution in [2.45, 2.75) is 25.3 Å². The van der Waals surface area contributed by atoms with Crippen LogP contribution in [0, 0.1) is 11.8 Å². The van der Waals surface area contributed by atoms with E-state index in [1.807, 2.05) is 12.2 Å². The van der Waals surface area contributed by atoms with E-state index in [0.717, 1.165) is 6.42 Å². The summed E-state index contributed by atoms with van der Waals surface area (Å²) in [6.07, 6.45) is 5.35. The van der Waals surface area contributed by atoms with Crippen LogP contribution in [-0.2, 0) is 9.59 Å². The number of carboxylic acids is 1. The maximum atomic E-state index is 11.2. The first-order valence-corrected chi connectivity index (χ1v) is 4.75. The molecule has 0 aromatic rings.